The van der Waals surface area contributed by atoms with Crippen LogP contribution in [0, 0.1) is 0 Å². The molecule has 0 bridgehead atoms. The second-order valence-electron chi connectivity index (χ2n) is 4.50. The minimum absolute atomic E-state index is 0.451. The van der Waals surface area contributed by atoms with Gasteiger partial charge in [0.15, 0.2) is 11.5 Å². The molecule has 2 rings (SSSR count). The molecule has 2 aromatic carbocycles. The third kappa shape index (κ3) is 3.72. The Morgan fingerprint density at radius 3 is 2.48 bits per heavy atom. The molecular weight excluding hydrogens is 264 g/mol. The van der Waals surface area contributed by atoms with Crippen molar-refractivity contribution in [3.63, 3.8) is 0 Å². The van der Waals surface area contributed by atoms with Crippen molar-refractivity contribution in [3.05, 3.63) is 65.7 Å². The molecule has 0 N–H and O–H groups in total. The monoisotopic (exact) mass is 282 g/mol. The number of hydrogen-bond acceptors (Lipinski definition) is 3. The summed E-state index contributed by atoms with van der Waals surface area (Å²) in [6, 6.07) is 15.4. The molecule has 0 aliphatic rings. The normalized spacial score (nSPS) is 11.0. The van der Waals surface area contributed by atoms with Gasteiger partial charge in [-0.3, -0.25) is 4.79 Å². The van der Waals surface area contributed by atoms with Crippen molar-refractivity contribution in [2.24, 2.45) is 0 Å². The Balaban J connectivity index is 2.24. The molecule has 0 aromatic heterocycles. The van der Waals surface area contributed by atoms with Gasteiger partial charge in [-0.1, -0.05) is 42.5 Å². The van der Waals surface area contributed by atoms with Gasteiger partial charge in [-0.05, 0) is 30.2 Å². The molecule has 2 aromatic rings. The van der Waals surface area contributed by atoms with E-state index in [9.17, 15) is 4.79 Å². The summed E-state index contributed by atoms with van der Waals surface area (Å²) in [6.07, 6.45) is 2.61. The van der Waals surface area contributed by atoms with Gasteiger partial charge in [-0.25, -0.2) is 0 Å². The molecule has 0 atom stereocenters. The maximum absolute atomic E-state index is 11.0. The third-order valence-electron chi connectivity index (χ3n) is 3.17. The molecule has 0 aliphatic heterocycles. The molecular formula is C18H18O3. The zero-order valence-corrected chi connectivity index (χ0v) is 12.2. The summed E-state index contributed by atoms with van der Waals surface area (Å²) in [4.78, 5) is 11.0. The average molecular weight is 282 g/mol. The second-order valence-corrected chi connectivity index (χ2v) is 4.50. The van der Waals surface area contributed by atoms with Gasteiger partial charge in [0.05, 0.1) is 7.11 Å². The van der Waals surface area contributed by atoms with Crippen LogP contribution in [0.5, 0.6) is 11.5 Å². The highest BCUT2D eigenvalue weighted by atomic mass is 16.5. The highest BCUT2D eigenvalue weighted by molar-refractivity contribution is 6.06. The van der Waals surface area contributed by atoms with Crippen LogP contribution >= 0.6 is 0 Å². The molecule has 0 spiro atoms. The number of aldehydes is 1. The summed E-state index contributed by atoms with van der Waals surface area (Å²) < 4.78 is 11.1. The lowest BCUT2D eigenvalue weighted by Gasteiger charge is -2.12. The maximum Gasteiger partial charge on any atom is 0.162 e. The van der Waals surface area contributed by atoms with Gasteiger partial charge in [0.2, 0.25) is 0 Å². The first-order chi connectivity index (χ1) is 10.3. The first-order valence-corrected chi connectivity index (χ1v) is 6.75. The van der Waals surface area contributed by atoms with Crippen LogP contribution in [0.3, 0.4) is 0 Å². The van der Waals surface area contributed by atoms with E-state index in [-0.39, 0.29) is 0 Å². The van der Waals surface area contributed by atoms with Crippen molar-refractivity contribution in [2.45, 2.75) is 13.5 Å². The highest BCUT2D eigenvalue weighted by Crippen LogP contribution is 2.31. The van der Waals surface area contributed by atoms with Crippen LogP contribution in [-0.4, -0.2) is 13.4 Å². The molecule has 21 heavy (non-hydrogen) atoms. The minimum Gasteiger partial charge on any atom is -0.493 e. The van der Waals surface area contributed by atoms with Crippen molar-refractivity contribution in [1.82, 2.24) is 0 Å². The molecule has 108 valence electrons. The van der Waals surface area contributed by atoms with Gasteiger partial charge in [0.1, 0.15) is 12.9 Å². The van der Waals surface area contributed by atoms with E-state index in [4.69, 9.17) is 9.47 Å². The van der Waals surface area contributed by atoms with E-state index in [0.717, 1.165) is 17.4 Å². The number of rotatable bonds is 6. The fraction of sp³-hybridized carbons (Fsp3) is 0.167. The van der Waals surface area contributed by atoms with Crippen LogP contribution in [0.2, 0.25) is 0 Å². The van der Waals surface area contributed by atoms with Crippen molar-refractivity contribution >= 4 is 11.9 Å². The number of carbonyl (C=O) groups is 1. The smallest absolute Gasteiger partial charge is 0.162 e. The van der Waals surface area contributed by atoms with Crippen LogP contribution < -0.4 is 9.47 Å². The lowest BCUT2D eigenvalue weighted by Crippen LogP contribution is -1.98. The van der Waals surface area contributed by atoms with Crippen LogP contribution in [0.4, 0.5) is 0 Å². The fourth-order valence-corrected chi connectivity index (χ4v) is 2.01. The molecule has 0 saturated carbocycles. The number of methoxy groups -OCH3 is 1. The van der Waals surface area contributed by atoms with E-state index in [1.165, 1.54) is 0 Å². The minimum atomic E-state index is 0.451. The van der Waals surface area contributed by atoms with Gasteiger partial charge >= 0.3 is 0 Å². The molecule has 3 nitrogen and oxygen atoms in total. The van der Waals surface area contributed by atoms with E-state index in [0.29, 0.717) is 23.7 Å². The summed E-state index contributed by atoms with van der Waals surface area (Å²) in [5, 5.41) is 0. The van der Waals surface area contributed by atoms with E-state index >= 15 is 0 Å². The number of carbonyl (C=O) groups excluding carboxylic acids is 1. The quantitative estimate of drug-likeness (QED) is 0.596. The Morgan fingerprint density at radius 1 is 1.10 bits per heavy atom. The van der Waals surface area contributed by atoms with Gasteiger partial charge in [-0.15, -0.1) is 0 Å². The number of allylic oxidation sites excluding steroid dienone is 2. The maximum atomic E-state index is 11.0. The molecule has 3 heteroatoms. The first-order valence-electron chi connectivity index (χ1n) is 6.75. The Hall–Kier alpha value is -2.55. The predicted molar refractivity (Wildman–Crippen MR) is 83.5 cm³/mol. The molecule has 0 amide bonds. The summed E-state index contributed by atoms with van der Waals surface area (Å²) >= 11 is 0. The summed E-state index contributed by atoms with van der Waals surface area (Å²) in [6.45, 7) is 2.28. The molecule has 0 aliphatic carbocycles. The van der Waals surface area contributed by atoms with Crippen molar-refractivity contribution in [3.8, 4) is 11.5 Å². The van der Waals surface area contributed by atoms with Gasteiger partial charge in [0, 0.05) is 5.57 Å². The molecule has 0 unspecified atom stereocenters. The molecule has 0 radical (unpaired) electrons. The third-order valence-corrected chi connectivity index (χ3v) is 3.17. The summed E-state index contributed by atoms with van der Waals surface area (Å²) in [7, 11) is 1.60. The molecule has 0 saturated heterocycles. The van der Waals surface area contributed by atoms with Crippen LogP contribution in [0.25, 0.3) is 5.57 Å². The number of ether oxygens (including phenoxy) is 2. The van der Waals surface area contributed by atoms with Gasteiger partial charge in [0.25, 0.3) is 0 Å². The average Bonchev–Trinajstić information content (AvgIpc) is 2.55. The van der Waals surface area contributed by atoms with E-state index in [1.54, 1.807) is 13.2 Å². The standard InChI is InChI=1S/C18H18O3/c1-3-15(12-19)16-9-10-17(20-2)18(11-16)21-13-14-7-5-4-6-8-14/h3-12H,13H2,1-2H3. The van der Waals surface area contributed by atoms with Crippen molar-refractivity contribution in [1.29, 1.82) is 0 Å². The second kappa shape index (κ2) is 7.29. The summed E-state index contributed by atoms with van der Waals surface area (Å²) in [5.41, 5.74) is 2.52. The van der Waals surface area contributed by atoms with Crippen LogP contribution in [-0.2, 0) is 11.4 Å². The Kier molecular flexibility index (Phi) is 5.16. The Labute approximate surface area is 124 Å². The number of hydrogen-bond donors (Lipinski definition) is 0. The van der Waals surface area contributed by atoms with Gasteiger partial charge in [-0.2, -0.15) is 0 Å². The fourth-order valence-electron chi connectivity index (χ4n) is 2.01. The highest BCUT2D eigenvalue weighted by Gasteiger charge is 2.08. The van der Waals surface area contributed by atoms with Crippen LogP contribution in [0.15, 0.2) is 54.6 Å². The lowest BCUT2D eigenvalue weighted by atomic mass is 10.1. The topological polar surface area (TPSA) is 35.5 Å². The largest absolute Gasteiger partial charge is 0.493 e. The van der Waals surface area contributed by atoms with Crippen LogP contribution in [0.1, 0.15) is 18.1 Å². The van der Waals surface area contributed by atoms with Crippen molar-refractivity contribution in [2.75, 3.05) is 7.11 Å². The molecule has 0 fully saturated rings. The SMILES string of the molecule is CC=C(C=O)c1ccc(OC)c(OCc2ccccc2)c1. The zero-order valence-electron chi connectivity index (χ0n) is 12.2. The lowest BCUT2D eigenvalue weighted by molar-refractivity contribution is -0.103. The Bertz CT molecular complexity index is 630. The van der Waals surface area contributed by atoms with E-state index < -0.39 is 0 Å². The van der Waals surface area contributed by atoms with Crippen molar-refractivity contribution < 1.29 is 14.3 Å². The van der Waals surface area contributed by atoms with E-state index in [2.05, 4.69) is 0 Å². The van der Waals surface area contributed by atoms with Gasteiger partial charge < -0.3 is 9.47 Å². The molecule has 0 heterocycles. The predicted octanol–water partition coefficient (Wildman–Crippen LogP) is 3.88. The Morgan fingerprint density at radius 2 is 1.86 bits per heavy atom. The zero-order chi connectivity index (χ0) is 15.1. The summed E-state index contributed by atoms with van der Waals surface area (Å²) in [5.74, 6) is 1.27. The van der Waals surface area contributed by atoms with E-state index in [1.807, 2.05) is 55.5 Å². The number of benzene rings is 2. The first kappa shape index (κ1) is 14.9.